The second-order valence-corrected chi connectivity index (χ2v) is 7.73. The fraction of sp³-hybridized carbons (Fsp3) is 0.429. The van der Waals surface area contributed by atoms with Crippen LogP contribution in [0.5, 0.6) is 0 Å². The summed E-state index contributed by atoms with van der Waals surface area (Å²) in [5.74, 6) is -6.31. The summed E-state index contributed by atoms with van der Waals surface area (Å²) in [5.41, 5.74) is -1.22. The molecule has 1 aromatic rings. The smallest absolute Gasteiger partial charge is 0.322 e. The zero-order valence-corrected chi connectivity index (χ0v) is 13.6. The molecule has 1 saturated heterocycles. The molecular weight excluding hydrogens is 363 g/mol. The van der Waals surface area contributed by atoms with E-state index in [4.69, 9.17) is 0 Å². The number of carbonyl (C=O) groups excluding carboxylic acids is 2. The molecule has 11 heteroatoms. The average molecular weight is 377 g/mol. The van der Waals surface area contributed by atoms with Gasteiger partial charge in [0.25, 0.3) is 5.91 Å². The third-order valence-corrected chi connectivity index (χ3v) is 6.04. The maximum Gasteiger partial charge on any atom is 0.322 e. The maximum absolute atomic E-state index is 13.7. The molecule has 2 atom stereocenters. The third-order valence-electron chi connectivity index (χ3n) is 4.60. The zero-order valence-electron chi connectivity index (χ0n) is 12.7. The van der Waals surface area contributed by atoms with Crippen LogP contribution in [0.2, 0.25) is 0 Å². The summed E-state index contributed by atoms with van der Waals surface area (Å²) in [7, 11) is -4.47. The summed E-state index contributed by atoms with van der Waals surface area (Å²) < 4.78 is 66.4. The fourth-order valence-corrected chi connectivity index (χ4v) is 4.48. The number of benzene rings is 1. The van der Waals surface area contributed by atoms with E-state index in [9.17, 15) is 31.2 Å². The van der Waals surface area contributed by atoms with Gasteiger partial charge in [-0.25, -0.2) is 31.1 Å². The summed E-state index contributed by atoms with van der Waals surface area (Å²) in [6, 6.07) is 0.463. The molecule has 3 N–H and O–H groups in total. The van der Waals surface area contributed by atoms with Gasteiger partial charge < -0.3 is 5.32 Å². The molecule has 136 valence electrons. The Hall–Kier alpha value is -2.14. The molecule has 0 aromatic heterocycles. The van der Waals surface area contributed by atoms with Crippen molar-refractivity contribution in [1.29, 1.82) is 0 Å². The monoisotopic (exact) mass is 377 g/mol. The van der Waals surface area contributed by atoms with E-state index in [1.54, 1.807) is 0 Å². The van der Waals surface area contributed by atoms with Crippen molar-refractivity contribution in [2.24, 2.45) is 5.92 Å². The molecule has 0 bridgehead atoms. The van der Waals surface area contributed by atoms with E-state index in [0.29, 0.717) is 31.4 Å². The molecular formula is C14H14F3N3O4S. The first-order valence-electron chi connectivity index (χ1n) is 7.44. The number of urea groups is 1. The SMILES string of the molecule is O=C1NC(=O)C2(CCCC2CNS(=O)(=O)c2ccc(F)c(F)c2F)N1. The Morgan fingerprint density at radius 2 is 1.92 bits per heavy atom. The largest absolute Gasteiger partial charge is 0.323 e. The van der Waals surface area contributed by atoms with Crippen molar-refractivity contribution in [1.82, 2.24) is 15.4 Å². The lowest BCUT2D eigenvalue weighted by Gasteiger charge is -2.28. The van der Waals surface area contributed by atoms with E-state index in [-0.39, 0.29) is 6.54 Å². The average Bonchev–Trinajstić information content (AvgIpc) is 3.06. The minimum atomic E-state index is -4.47. The topological polar surface area (TPSA) is 104 Å². The molecule has 2 aliphatic rings. The van der Waals surface area contributed by atoms with E-state index in [2.05, 4.69) is 15.4 Å². The predicted molar refractivity (Wildman–Crippen MR) is 78.3 cm³/mol. The molecule has 0 radical (unpaired) electrons. The van der Waals surface area contributed by atoms with Crippen LogP contribution in [0.15, 0.2) is 17.0 Å². The normalized spacial score (nSPS) is 26.1. The van der Waals surface area contributed by atoms with Gasteiger partial charge in [0.15, 0.2) is 17.5 Å². The molecule has 1 aliphatic carbocycles. The molecule has 25 heavy (non-hydrogen) atoms. The quantitative estimate of drug-likeness (QED) is 0.532. The van der Waals surface area contributed by atoms with Crippen LogP contribution >= 0.6 is 0 Å². The first-order valence-corrected chi connectivity index (χ1v) is 8.92. The molecule has 1 spiro atoms. The van der Waals surface area contributed by atoms with Crippen LogP contribution in [0.1, 0.15) is 19.3 Å². The van der Waals surface area contributed by atoms with E-state index in [0.717, 1.165) is 0 Å². The number of hydrogen-bond donors (Lipinski definition) is 3. The third kappa shape index (κ3) is 2.86. The zero-order chi connectivity index (χ0) is 18.4. The minimum absolute atomic E-state index is 0.269. The van der Waals surface area contributed by atoms with Gasteiger partial charge in [0.2, 0.25) is 10.0 Å². The molecule has 1 aliphatic heterocycles. The maximum atomic E-state index is 13.7. The highest BCUT2D eigenvalue weighted by Gasteiger charge is 2.54. The number of halogens is 3. The summed E-state index contributed by atoms with van der Waals surface area (Å²) in [4.78, 5) is 22.4. The highest BCUT2D eigenvalue weighted by Crippen LogP contribution is 2.37. The Morgan fingerprint density at radius 1 is 1.20 bits per heavy atom. The van der Waals surface area contributed by atoms with Gasteiger partial charge in [-0.1, -0.05) is 6.42 Å². The summed E-state index contributed by atoms with van der Waals surface area (Å²) in [5, 5.41) is 4.63. The van der Waals surface area contributed by atoms with Crippen LogP contribution in [0.4, 0.5) is 18.0 Å². The Bertz CT molecular complexity index is 861. The van der Waals surface area contributed by atoms with E-state index in [1.165, 1.54) is 0 Å². The van der Waals surface area contributed by atoms with Gasteiger partial charge in [0, 0.05) is 12.5 Å². The van der Waals surface area contributed by atoms with Crippen LogP contribution in [0.3, 0.4) is 0 Å². The van der Waals surface area contributed by atoms with Crippen molar-refractivity contribution in [3.05, 3.63) is 29.6 Å². The fourth-order valence-electron chi connectivity index (χ4n) is 3.33. The predicted octanol–water partition coefficient (Wildman–Crippen LogP) is 0.760. The van der Waals surface area contributed by atoms with Crippen molar-refractivity contribution in [2.75, 3.05) is 6.54 Å². The van der Waals surface area contributed by atoms with E-state index < -0.39 is 55.8 Å². The van der Waals surface area contributed by atoms with Gasteiger partial charge in [-0.05, 0) is 25.0 Å². The molecule has 1 heterocycles. The summed E-state index contributed by atoms with van der Waals surface area (Å²) in [6.45, 7) is -0.269. The number of sulfonamides is 1. The number of imide groups is 1. The van der Waals surface area contributed by atoms with Crippen molar-refractivity contribution >= 4 is 22.0 Å². The molecule has 2 unspecified atom stereocenters. The van der Waals surface area contributed by atoms with Crippen LogP contribution in [0.25, 0.3) is 0 Å². The van der Waals surface area contributed by atoms with Crippen LogP contribution < -0.4 is 15.4 Å². The van der Waals surface area contributed by atoms with Gasteiger partial charge in [-0.2, -0.15) is 0 Å². The Balaban J connectivity index is 1.80. The van der Waals surface area contributed by atoms with Crippen LogP contribution in [-0.2, 0) is 14.8 Å². The Morgan fingerprint density at radius 3 is 2.56 bits per heavy atom. The van der Waals surface area contributed by atoms with Crippen molar-refractivity contribution < 1.29 is 31.2 Å². The van der Waals surface area contributed by atoms with E-state index in [1.807, 2.05) is 0 Å². The number of carbonyl (C=O) groups is 2. The van der Waals surface area contributed by atoms with Gasteiger partial charge >= 0.3 is 6.03 Å². The molecule has 2 fully saturated rings. The number of rotatable bonds is 4. The van der Waals surface area contributed by atoms with E-state index >= 15 is 0 Å². The van der Waals surface area contributed by atoms with Crippen molar-refractivity contribution in [3.8, 4) is 0 Å². The number of amides is 3. The lowest BCUT2D eigenvalue weighted by Crippen LogP contribution is -2.53. The first-order chi connectivity index (χ1) is 11.7. The Labute approximate surface area is 141 Å². The van der Waals surface area contributed by atoms with Crippen molar-refractivity contribution in [3.63, 3.8) is 0 Å². The number of nitrogens with one attached hydrogen (secondary N) is 3. The highest BCUT2D eigenvalue weighted by molar-refractivity contribution is 7.89. The number of hydrogen-bond acceptors (Lipinski definition) is 4. The second kappa shape index (κ2) is 5.99. The first kappa shape index (κ1) is 17.7. The second-order valence-electron chi connectivity index (χ2n) is 5.99. The highest BCUT2D eigenvalue weighted by atomic mass is 32.2. The van der Waals surface area contributed by atoms with Crippen LogP contribution in [0, 0.1) is 23.4 Å². The van der Waals surface area contributed by atoms with Gasteiger partial charge in [-0.15, -0.1) is 0 Å². The minimum Gasteiger partial charge on any atom is -0.323 e. The van der Waals surface area contributed by atoms with Crippen molar-refractivity contribution in [2.45, 2.75) is 29.7 Å². The molecule has 1 saturated carbocycles. The molecule has 3 amide bonds. The van der Waals surface area contributed by atoms with Gasteiger partial charge in [0.1, 0.15) is 10.4 Å². The lowest BCUT2D eigenvalue weighted by molar-refractivity contribution is -0.125. The summed E-state index contributed by atoms with van der Waals surface area (Å²) >= 11 is 0. The summed E-state index contributed by atoms with van der Waals surface area (Å²) in [6.07, 6.45) is 1.38. The lowest BCUT2D eigenvalue weighted by atomic mass is 9.87. The molecule has 7 nitrogen and oxygen atoms in total. The standard InChI is InChI=1S/C14H14F3N3O4S/c15-8-3-4-9(11(17)10(8)16)25(23,24)18-6-7-2-1-5-14(7)12(21)19-13(22)20-14/h3-4,7,18H,1-2,5-6H2,(H2,19,20,21,22). The van der Waals surface area contributed by atoms with Gasteiger partial charge in [0.05, 0.1) is 0 Å². The van der Waals surface area contributed by atoms with Gasteiger partial charge in [-0.3, -0.25) is 10.1 Å². The van der Waals surface area contributed by atoms with Crippen LogP contribution in [-0.4, -0.2) is 32.4 Å². The molecule has 3 rings (SSSR count). The molecule has 1 aromatic carbocycles. The Kier molecular flexibility index (Phi) is 4.23.